The minimum atomic E-state index is 0.629. The molecule has 0 aliphatic heterocycles. The number of hydrazine groups is 1. The van der Waals surface area contributed by atoms with E-state index in [4.69, 9.17) is 5.84 Å². The average molecular weight is 282 g/mol. The molecular formula is C10H14N6S2. The SMILES string of the molecule is CCc1nsc(SCc2nc(C)cc(NN)n2)n1. The Hall–Kier alpha value is -1.25. The van der Waals surface area contributed by atoms with Gasteiger partial charge in [0.2, 0.25) is 0 Å². The van der Waals surface area contributed by atoms with Gasteiger partial charge >= 0.3 is 0 Å². The number of nitrogen functional groups attached to an aromatic ring is 1. The van der Waals surface area contributed by atoms with E-state index in [0.29, 0.717) is 11.6 Å². The quantitative estimate of drug-likeness (QED) is 0.491. The summed E-state index contributed by atoms with van der Waals surface area (Å²) in [7, 11) is 0. The lowest BCUT2D eigenvalue weighted by Crippen LogP contribution is -2.10. The zero-order valence-electron chi connectivity index (χ0n) is 10.2. The molecule has 0 bridgehead atoms. The Kier molecular flexibility index (Phi) is 4.45. The van der Waals surface area contributed by atoms with E-state index in [1.807, 2.05) is 13.8 Å². The summed E-state index contributed by atoms with van der Waals surface area (Å²) in [5.41, 5.74) is 3.42. The van der Waals surface area contributed by atoms with Crippen molar-refractivity contribution in [1.82, 2.24) is 19.3 Å². The summed E-state index contributed by atoms with van der Waals surface area (Å²) in [6.45, 7) is 3.95. The molecule has 18 heavy (non-hydrogen) atoms. The minimum absolute atomic E-state index is 0.629. The highest BCUT2D eigenvalue weighted by Crippen LogP contribution is 2.23. The molecule has 0 radical (unpaired) electrons. The van der Waals surface area contributed by atoms with Crippen molar-refractivity contribution >= 4 is 29.1 Å². The number of aromatic nitrogens is 4. The summed E-state index contributed by atoms with van der Waals surface area (Å²) in [5, 5.41) is 0. The van der Waals surface area contributed by atoms with Gasteiger partial charge in [0.05, 0.1) is 5.75 Å². The molecule has 2 aromatic rings. The van der Waals surface area contributed by atoms with E-state index < -0.39 is 0 Å². The van der Waals surface area contributed by atoms with Gasteiger partial charge in [-0.1, -0.05) is 18.7 Å². The van der Waals surface area contributed by atoms with E-state index in [9.17, 15) is 0 Å². The van der Waals surface area contributed by atoms with Crippen LogP contribution in [0.4, 0.5) is 5.82 Å². The van der Waals surface area contributed by atoms with Crippen LogP contribution in [0.5, 0.6) is 0 Å². The Morgan fingerprint density at radius 2 is 2.17 bits per heavy atom. The first kappa shape index (κ1) is 13.2. The smallest absolute Gasteiger partial charge is 0.170 e. The molecule has 0 amide bonds. The molecule has 0 atom stereocenters. The highest BCUT2D eigenvalue weighted by Gasteiger charge is 2.06. The fraction of sp³-hybridized carbons (Fsp3) is 0.400. The topological polar surface area (TPSA) is 89.6 Å². The molecule has 96 valence electrons. The highest BCUT2D eigenvalue weighted by atomic mass is 32.2. The van der Waals surface area contributed by atoms with E-state index in [1.165, 1.54) is 11.5 Å². The van der Waals surface area contributed by atoms with Crippen LogP contribution in [0.1, 0.15) is 24.3 Å². The zero-order chi connectivity index (χ0) is 13.0. The molecule has 8 heteroatoms. The highest BCUT2D eigenvalue weighted by molar-refractivity contribution is 8.00. The number of aryl methyl sites for hydroxylation is 2. The normalized spacial score (nSPS) is 10.6. The number of hydrogen-bond acceptors (Lipinski definition) is 8. The molecular weight excluding hydrogens is 268 g/mol. The maximum Gasteiger partial charge on any atom is 0.170 e. The monoisotopic (exact) mass is 282 g/mol. The first-order chi connectivity index (χ1) is 8.71. The summed E-state index contributed by atoms with van der Waals surface area (Å²) < 4.78 is 5.18. The standard InChI is InChI=1S/C10H14N6S2/c1-3-7-14-10(18-16-7)17-5-9-12-6(2)4-8(13-9)15-11/h4H,3,5,11H2,1-2H3,(H,12,13,15). The number of nitrogens with one attached hydrogen (secondary N) is 1. The lowest BCUT2D eigenvalue weighted by Gasteiger charge is -2.03. The van der Waals surface area contributed by atoms with Crippen molar-refractivity contribution in [3.63, 3.8) is 0 Å². The Bertz CT molecular complexity index is 527. The Balaban J connectivity index is 2.03. The Labute approximate surface area is 114 Å². The van der Waals surface area contributed by atoms with Crippen LogP contribution >= 0.6 is 23.3 Å². The molecule has 0 fully saturated rings. The summed E-state index contributed by atoms with van der Waals surface area (Å²) in [4.78, 5) is 13.0. The van der Waals surface area contributed by atoms with Gasteiger partial charge in [-0.15, -0.1) is 0 Å². The van der Waals surface area contributed by atoms with Crippen LogP contribution in [0.3, 0.4) is 0 Å². The second kappa shape index (κ2) is 6.07. The molecule has 0 aliphatic carbocycles. The number of nitrogens with two attached hydrogens (primary N) is 1. The van der Waals surface area contributed by atoms with Crippen molar-refractivity contribution in [2.24, 2.45) is 5.84 Å². The molecule has 2 aromatic heterocycles. The van der Waals surface area contributed by atoms with Crippen LogP contribution in [0.2, 0.25) is 0 Å². The van der Waals surface area contributed by atoms with E-state index in [1.54, 1.807) is 17.8 Å². The Morgan fingerprint density at radius 3 is 2.83 bits per heavy atom. The predicted octanol–water partition coefficient (Wildman–Crippen LogP) is 1.78. The summed E-state index contributed by atoms with van der Waals surface area (Å²) >= 11 is 3.00. The van der Waals surface area contributed by atoms with Crippen molar-refractivity contribution in [2.45, 2.75) is 30.4 Å². The fourth-order valence-electron chi connectivity index (χ4n) is 1.33. The van der Waals surface area contributed by atoms with Gasteiger partial charge in [0.25, 0.3) is 0 Å². The molecule has 0 saturated carbocycles. The van der Waals surface area contributed by atoms with Gasteiger partial charge < -0.3 is 5.43 Å². The van der Waals surface area contributed by atoms with Gasteiger partial charge in [-0.25, -0.2) is 20.8 Å². The number of thioether (sulfide) groups is 1. The van der Waals surface area contributed by atoms with Gasteiger partial charge in [0.15, 0.2) is 4.34 Å². The summed E-state index contributed by atoms with van der Waals surface area (Å²) in [6.07, 6.45) is 0.860. The van der Waals surface area contributed by atoms with Crippen LogP contribution < -0.4 is 11.3 Å². The van der Waals surface area contributed by atoms with E-state index in [-0.39, 0.29) is 0 Å². The molecule has 0 saturated heterocycles. The van der Waals surface area contributed by atoms with Gasteiger partial charge in [-0.2, -0.15) is 4.37 Å². The van der Waals surface area contributed by atoms with Crippen molar-refractivity contribution in [3.05, 3.63) is 23.4 Å². The van der Waals surface area contributed by atoms with Crippen molar-refractivity contribution in [2.75, 3.05) is 5.43 Å². The predicted molar refractivity (Wildman–Crippen MR) is 73.4 cm³/mol. The van der Waals surface area contributed by atoms with Gasteiger partial charge in [0.1, 0.15) is 17.5 Å². The molecule has 0 aliphatic rings. The first-order valence-corrected chi connectivity index (χ1v) is 7.23. The molecule has 2 heterocycles. The maximum absolute atomic E-state index is 5.35. The van der Waals surface area contributed by atoms with Crippen LogP contribution in [0, 0.1) is 6.92 Å². The van der Waals surface area contributed by atoms with Gasteiger partial charge in [0, 0.05) is 18.2 Å². The molecule has 0 aromatic carbocycles. The van der Waals surface area contributed by atoms with Crippen LogP contribution in [0.25, 0.3) is 0 Å². The molecule has 3 N–H and O–H groups in total. The molecule has 2 rings (SSSR count). The Morgan fingerprint density at radius 1 is 1.33 bits per heavy atom. The number of hydrogen-bond donors (Lipinski definition) is 2. The largest absolute Gasteiger partial charge is 0.308 e. The molecule has 0 spiro atoms. The molecule has 6 nitrogen and oxygen atoms in total. The number of nitrogens with zero attached hydrogens (tertiary/aromatic N) is 4. The lowest BCUT2D eigenvalue weighted by atomic mass is 10.4. The van der Waals surface area contributed by atoms with Gasteiger partial charge in [-0.3, -0.25) is 0 Å². The molecule has 0 unspecified atom stereocenters. The average Bonchev–Trinajstić information content (AvgIpc) is 2.83. The zero-order valence-corrected chi connectivity index (χ0v) is 11.8. The van der Waals surface area contributed by atoms with Crippen LogP contribution in [-0.2, 0) is 12.2 Å². The number of anilines is 1. The van der Waals surface area contributed by atoms with Crippen molar-refractivity contribution in [3.8, 4) is 0 Å². The van der Waals surface area contributed by atoms with Crippen LogP contribution in [-0.4, -0.2) is 19.3 Å². The van der Waals surface area contributed by atoms with E-state index in [2.05, 4.69) is 24.8 Å². The van der Waals surface area contributed by atoms with Crippen molar-refractivity contribution in [1.29, 1.82) is 0 Å². The third-order valence-corrected chi connectivity index (χ3v) is 4.01. The summed E-state index contributed by atoms with van der Waals surface area (Å²) in [6, 6.07) is 1.80. The second-order valence-electron chi connectivity index (χ2n) is 3.57. The van der Waals surface area contributed by atoms with Crippen LogP contribution in [0.15, 0.2) is 10.4 Å². The van der Waals surface area contributed by atoms with E-state index in [0.717, 1.165) is 28.1 Å². The third kappa shape index (κ3) is 3.37. The second-order valence-corrected chi connectivity index (χ2v) is 5.55. The minimum Gasteiger partial charge on any atom is -0.308 e. The summed E-state index contributed by atoms with van der Waals surface area (Å²) in [5.74, 6) is 8.26. The lowest BCUT2D eigenvalue weighted by molar-refractivity contribution is 0.966. The first-order valence-electron chi connectivity index (χ1n) is 5.47. The van der Waals surface area contributed by atoms with E-state index >= 15 is 0 Å². The maximum atomic E-state index is 5.35. The van der Waals surface area contributed by atoms with Crippen molar-refractivity contribution < 1.29 is 0 Å². The van der Waals surface area contributed by atoms with Gasteiger partial charge in [-0.05, 0) is 18.5 Å². The fourth-order valence-corrected chi connectivity index (χ4v) is 2.89. The number of rotatable bonds is 5. The third-order valence-electron chi connectivity index (χ3n) is 2.14.